The molecule has 12 heavy (non-hydrogen) atoms. The summed E-state index contributed by atoms with van der Waals surface area (Å²) in [6, 6.07) is 0.700. The molecule has 1 atom stereocenters. The predicted molar refractivity (Wildman–Crippen MR) is 51.2 cm³/mol. The molecule has 2 fully saturated rings. The van der Waals surface area contributed by atoms with Crippen LogP contribution in [0, 0.1) is 5.92 Å². The van der Waals surface area contributed by atoms with Crippen LogP contribution in [0.25, 0.3) is 0 Å². The van der Waals surface area contributed by atoms with E-state index in [9.17, 15) is 0 Å². The SMILES string of the molecule is C[C@H]1CN(CC2CC2)CCCN1. The summed E-state index contributed by atoms with van der Waals surface area (Å²) in [5.41, 5.74) is 0. The second-order valence-corrected chi connectivity index (χ2v) is 4.41. The molecular formula is C10H20N2. The summed E-state index contributed by atoms with van der Waals surface area (Å²) >= 11 is 0. The minimum Gasteiger partial charge on any atom is -0.313 e. The maximum absolute atomic E-state index is 3.53. The standard InChI is InChI=1S/C10H20N2/c1-9-7-12(6-2-5-11-9)8-10-3-4-10/h9-11H,2-8H2,1H3/t9-/m0/s1. The third-order valence-corrected chi connectivity index (χ3v) is 2.89. The lowest BCUT2D eigenvalue weighted by atomic mass is 10.3. The fourth-order valence-corrected chi connectivity index (χ4v) is 2.03. The summed E-state index contributed by atoms with van der Waals surface area (Å²) in [6.45, 7) is 7.45. The van der Waals surface area contributed by atoms with Crippen LogP contribution in [0.15, 0.2) is 0 Å². The number of nitrogens with zero attached hydrogens (tertiary/aromatic N) is 1. The fraction of sp³-hybridized carbons (Fsp3) is 1.00. The molecule has 0 aromatic carbocycles. The molecular weight excluding hydrogens is 148 g/mol. The van der Waals surface area contributed by atoms with Gasteiger partial charge >= 0.3 is 0 Å². The molecule has 1 saturated carbocycles. The summed E-state index contributed by atoms with van der Waals surface area (Å²) in [5.74, 6) is 1.05. The molecule has 1 heterocycles. The van der Waals surface area contributed by atoms with E-state index in [2.05, 4.69) is 17.1 Å². The Hall–Kier alpha value is -0.0800. The van der Waals surface area contributed by atoms with Gasteiger partial charge in [-0.1, -0.05) is 0 Å². The Balaban J connectivity index is 1.77. The first kappa shape index (κ1) is 8.52. The summed E-state index contributed by atoms with van der Waals surface area (Å²) < 4.78 is 0. The van der Waals surface area contributed by atoms with E-state index in [0.29, 0.717) is 6.04 Å². The van der Waals surface area contributed by atoms with Crippen molar-refractivity contribution >= 4 is 0 Å². The first-order valence-corrected chi connectivity index (χ1v) is 5.30. The van der Waals surface area contributed by atoms with Gasteiger partial charge in [-0.2, -0.15) is 0 Å². The molecule has 0 aromatic rings. The Morgan fingerprint density at radius 1 is 1.42 bits per heavy atom. The highest BCUT2D eigenvalue weighted by Crippen LogP contribution is 2.29. The Labute approximate surface area is 75.3 Å². The fourth-order valence-electron chi connectivity index (χ4n) is 2.03. The van der Waals surface area contributed by atoms with Crippen LogP contribution in [0.4, 0.5) is 0 Å². The predicted octanol–water partition coefficient (Wildman–Crippen LogP) is 1.08. The molecule has 1 aliphatic carbocycles. The topological polar surface area (TPSA) is 15.3 Å². The van der Waals surface area contributed by atoms with Crippen molar-refractivity contribution in [1.29, 1.82) is 0 Å². The molecule has 0 unspecified atom stereocenters. The molecule has 2 rings (SSSR count). The minimum absolute atomic E-state index is 0.700. The van der Waals surface area contributed by atoms with Crippen LogP contribution >= 0.6 is 0 Å². The number of hydrogen-bond acceptors (Lipinski definition) is 2. The summed E-state index contributed by atoms with van der Waals surface area (Å²) in [5, 5.41) is 3.53. The van der Waals surface area contributed by atoms with E-state index in [4.69, 9.17) is 0 Å². The van der Waals surface area contributed by atoms with Crippen molar-refractivity contribution in [2.45, 2.75) is 32.2 Å². The number of hydrogen-bond donors (Lipinski definition) is 1. The van der Waals surface area contributed by atoms with E-state index in [1.807, 2.05) is 0 Å². The molecule has 0 spiro atoms. The molecule has 0 radical (unpaired) electrons. The maximum Gasteiger partial charge on any atom is 0.0166 e. The van der Waals surface area contributed by atoms with Gasteiger partial charge in [-0.15, -0.1) is 0 Å². The average Bonchev–Trinajstić information content (AvgIpc) is 2.80. The largest absolute Gasteiger partial charge is 0.313 e. The average molecular weight is 168 g/mol. The monoisotopic (exact) mass is 168 g/mol. The van der Waals surface area contributed by atoms with Crippen LogP contribution in [0.2, 0.25) is 0 Å². The molecule has 0 bridgehead atoms. The van der Waals surface area contributed by atoms with E-state index >= 15 is 0 Å². The summed E-state index contributed by atoms with van der Waals surface area (Å²) in [6.07, 6.45) is 4.30. The lowest BCUT2D eigenvalue weighted by Gasteiger charge is -2.21. The molecule has 1 N–H and O–H groups in total. The van der Waals surface area contributed by atoms with Gasteiger partial charge in [0.1, 0.15) is 0 Å². The van der Waals surface area contributed by atoms with Gasteiger partial charge in [0.05, 0.1) is 0 Å². The zero-order valence-electron chi connectivity index (χ0n) is 8.05. The quantitative estimate of drug-likeness (QED) is 0.664. The van der Waals surface area contributed by atoms with Gasteiger partial charge in [0.2, 0.25) is 0 Å². The van der Waals surface area contributed by atoms with E-state index < -0.39 is 0 Å². The van der Waals surface area contributed by atoms with Crippen molar-refractivity contribution in [3.8, 4) is 0 Å². The molecule has 1 aliphatic heterocycles. The molecule has 2 aliphatic rings. The summed E-state index contributed by atoms with van der Waals surface area (Å²) in [4.78, 5) is 2.64. The lowest BCUT2D eigenvalue weighted by Crippen LogP contribution is -2.36. The van der Waals surface area contributed by atoms with Crippen LogP contribution in [0.1, 0.15) is 26.2 Å². The highest BCUT2D eigenvalue weighted by molar-refractivity contribution is 4.80. The van der Waals surface area contributed by atoms with Crippen molar-refractivity contribution in [3.63, 3.8) is 0 Å². The second-order valence-electron chi connectivity index (χ2n) is 4.41. The van der Waals surface area contributed by atoms with E-state index in [0.717, 1.165) is 5.92 Å². The first-order valence-electron chi connectivity index (χ1n) is 5.30. The molecule has 2 nitrogen and oxygen atoms in total. The van der Waals surface area contributed by atoms with Gasteiger partial charge < -0.3 is 10.2 Å². The highest BCUT2D eigenvalue weighted by atomic mass is 15.2. The molecule has 70 valence electrons. The lowest BCUT2D eigenvalue weighted by molar-refractivity contribution is 0.262. The Morgan fingerprint density at radius 3 is 3.00 bits per heavy atom. The molecule has 0 amide bonds. The van der Waals surface area contributed by atoms with Crippen molar-refractivity contribution in [1.82, 2.24) is 10.2 Å². The summed E-state index contributed by atoms with van der Waals surface area (Å²) in [7, 11) is 0. The Kier molecular flexibility index (Phi) is 2.66. The first-order chi connectivity index (χ1) is 5.84. The van der Waals surface area contributed by atoms with E-state index in [1.165, 1.54) is 45.4 Å². The van der Waals surface area contributed by atoms with Gasteiger partial charge in [-0.25, -0.2) is 0 Å². The third kappa shape index (κ3) is 2.46. The molecule has 1 saturated heterocycles. The normalized spacial score (nSPS) is 33.2. The molecule has 0 aromatic heterocycles. The van der Waals surface area contributed by atoms with Crippen LogP contribution in [0.3, 0.4) is 0 Å². The van der Waals surface area contributed by atoms with Crippen molar-refractivity contribution in [3.05, 3.63) is 0 Å². The second kappa shape index (κ2) is 3.75. The van der Waals surface area contributed by atoms with Gasteiger partial charge in [0.15, 0.2) is 0 Å². The van der Waals surface area contributed by atoms with Crippen LogP contribution in [0.5, 0.6) is 0 Å². The maximum atomic E-state index is 3.53. The number of nitrogens with one attached hydrogen (secondary N) is 1. The smallest absolute Gasteiger partial charge is 0.0166 e. The van der Waals surface area contributed by atoms with Crippen molar-refractivity contribution < 1.29 is 0 Å². The third-order valence-electron chi connectivity index (χ3n) is 2.89. The minimum atomic E-state index is 0.700. The van der Waals surface area contributed by atoms with Gasteiger partial charge in [0, 0.05) is 19.1 Å². The van der Waals surface area contributed by atoms with Gasteiger partial charge in [0.25, 0.3) is 0 Å². The van der Waals surface area contributed by atoms with E-state index in [-0.39, 0.29) is 0 Å². The number of rotatable bonds is 2. The van der Waals surface area contributed by atoms with Crippen LogP contribution in [-0.2, 0) is 0 Å². The van der Waals surface area contributed by atoms with E-state index in [1.54, 1.807) is 0 Å². The van der Waals surface area contributed by atoms with Gasteiger partial charge in [-0.3, -0.25) is 0 Å². The zero-order valence-corrected chi connectivity index (χ0v) is 8.05. The molecule has 2 heteroatoms. The van der Waals surface area contributed by atoms with Crippen molar-refractivity contribution in [2.24, 2.45) is 5.92 Å². The van der Waals surface area contributed by atoms with Crippen molar-refractivity contribution in [2.75, 3.05) is 26.2 Å². The Bertz CT molecular complexity index is 143. The van der Waals surface area contributed by atoms with Crippen LogP contribution < -0.4 is 5.32 Å². The Morgan fingerprint density at radius 2 is 2.25 bits per heavy atom. The zero-order chi connectivity index (χ0) is 8.39. The highest BCUT2D eigenvalue weighted by Gasteiger charge is 2.25. The van der Waals surface area contributed by atoms with Crippen LogP contribution in [-0.4, -0.2) is 37.1 Å². The van der Waals surface area contributed by atoms with Gasteiger partial charge in [-0.05, 0) is 45.2 Å².